The van der Waals surface area contributed by atoms with Crippen molar-refractivity contribution in [3.05, 3.63) is 59.7 Å². The number of carbonyl (C=O) groups excluding carboxylic acids is 1. The molecule has 0 amide bonds. The van der Waals surface area contributed by atoms with Gasteiger partial charge < -0.3 is 24.6 Å². The first-order valence-electron chi connectivity index (χ1n) is 14.4. The SMILES string of the molecule is CC(C)(C)C=O.COc1cccc(C(C(=NC2CCN(C)CC2)NN)N2CCC(c3ccccc3)CC2)c1OC. The zero-order valence-corrected chi connectivity index (χ0v) is 25.2. The van der Waals surface area contributed by atoms with Crippen molar-refractivity contribution in [3.63, 3.8) is 0 Å². The van der Waals surface area contributed by atoms with Crippen LogP contribution in [0.3, 0.4) is 0 Å². The van der Waals surface area contributed by atoms with Crippen molar-refractivity contribution in [2.75, 3.05) is 47.4 Å². The van der Waals surface area contributed by atoms with Crippen LogP contribution in [0.2, 0.25) is 0 Å². The lowest BCUT2D eigenvalue weighted by atomic mass is 9.88. The summed E-state index contributed by atoms with van der Waals surface area (Å²) < 4.78 is 11.5. The van der Waals surface area contributed by atoms with E-state index in [0.29, 0.717) is 5.92 Å². The number of hydrogen-bond acceptors (Lipinski definition) is 7. The third kappa shape index (κ3) is 8.78. The second kappa shape index (κ2) is 15.2. The Bertz CT molecular complexity index is 1070. The predicted molar refractivity (Wildman–Crippen MR) is 163 cm³/mol. The Morgan fingerprint density at radius 2 is 1.60 bits per heavy atom. The minimum Gasteiger partial charge on any atom is -0.493 e. The average molecular weight is 552 g/mol. The summed E-state index contributed by atoms with van der Waals surface area (Å²) in [4.78, 5) is 19.8. The Morgan fingerprint density at radius 3 is 2.12 bits per heavy atom. The summed E-state index contributed by atoms with van der Waals surface area (Å²) in [5.74, 6) is 9.00. The van der Waals surface area contributed by atoms with E-state index in [1.807, 2.05) is 32.9 Å². The van der Waals surface area contributed by atoms with E-state index >= 15 is 0 Å². The number of carbonyl (C=O) groups is 1. The number of aliphatic imine (C=N–C) groups is 1. The summed E-state index contributed by atoms with van der Waals surface area (Å²) in [5, 5.41) is 0. The van der Waals surface area contributed by atoms with Gasteiger partial charge in [0, 0.05) is 11.0 Å². The number of nitrogens with two attached hydrogens (primary N) is 1. The van der Waals surface area contributed by atoms with Gasteiger partial charge in [-0.1, -0.05) is 63.2 Å². The van der Waals surface area contributed by atoms with Gasteiger partial charge in [-0.15, -0.1) is 0 Å². The molecule has 2 heterocycles. The number of para-hydroxylation sites is 1. The molecule has 0 aromatic heterocycles. The predicted octanol–water partition coefficient (Wildman–Crippen LogP) is 4.81. The van der Waals surface area contributed by atoms with Crippen LogP contribution in [-0.2, 0) is 4.79 Å². The molecule has 8 nitrogen and oxygen atoms in total. The van der Waals surface area contributed by atoms with Crippen molar-refractivity contribution in [1.82, 2.24) is 15.2 Å². The molecule has 3 N–H and O–H groups in total. The van der Waals surface area contributed by atoms with Crippen LogP contribution in [0.5, 0.6) is 11.5 Å². The molecule has 40 heavy (non-hydrogen) atoms. The summed E-state index contributed by atoms with van der Waals surface area (Å²) in [5.41, 5.74) is 5.31. The number of piperidine rings is 2. The first-order chi connectivity index (χ1) is 19.2. The molecule has 1 atom stereocenters. The zero-order chi connectivity index (χ0) is 29.1. The minimum atomic E-state index is -0.139. The Labute approximate surface area is 240 Å². The van der Waals surface area contributed by atoms with Crippen molar-refractivity contribution in [2.45, 2.75) is 64.5 Å². The van der Waals surface area contributed by atoms with Crippen molar-refractivity contribution < 1.29 is 14.3 Å². The van der Waals surface area contributed by atoms with Crippen LogP contribution in [0.1, 0.15) is 69.5 Å². The van der Waals surface area contributed by atoms with Gasteiger partial charge in [0.05, 0.1) is 26.3 Å². The molecule has 2 fully saturated rings. The molecule has 0 spiro atoms. The normalized spacial score (nSPS) is 18.8. The quantitative estimate of drug-likeness (QED) is 0.168. The van der Waals surface area contributed by atoms with Crippen LogP contribution in [0.4, 0.5) is 0 Å². The second-order valence-electron chi connectivity index (χ2n) is 11.9. The van der Waals surface area contributed by atoms with Gasteiger partial charge in [-0.25, -0.2) is 5.84 Å². The number of nitrogens with one attached hydrogen (secondary N) is 1. The van der Waals surface area contributed by atoms with E-state index in [0.717, 1.165) is 81.0 Å². The van der Waals surface area contributed by atoms with Crippen molar-refractivity contribution in [1.29, 1.82) is 0 Å². The fraction of sp³-hybridized carbons (Fsp3) is 0.562. The summed E-state index contributed by atoms with van der Waals surface area (Å²) in [6.45, 7) is 9.65. The fourth-order valence-electron chi connectivity index (χ4n) is 5.37. The molecule has 2 aliphatic rings. The molecule has 1 unspecified atom stereocenters. The van der Waals surface area contributed by atoms with Crippen LogP contribution < -0.4 is 20.7 Å². The van der Waals surface area contributed by atoms with E-state index in [1.54, 1.807) is 14.2 Å². The monoisotopic (exact) mass is 551 g/mol. The molecule has 0 saturated carbocycles. The highest BCUT2D eigenvalue weighted by molar-refractivity contribution is 5.89. The third-order valence-corrected chi connectivity index (χ3v) is 7.66. The van der Waals surface area contributed by atoms with E-state index in [9.17, 15) is 4.79 Å². The highest BCUT2D eigenvalue weighted by atomic mass is 16.5. The van der Waals surface area contributed by atoms with Gasteiger partial charge in [-0.3, -0.25) is 9.89 Å². The second-order valence-corrected chi connectivity index (χ2v) is 11.9. The van der Waals surface area contributed by atoms with Gasteiger partial charge in [-0.2, -0.15) is 0 Å². The lowest BCUT2D eigenvalue weighted by Crippen LogP contribution is -2.47. The van der Waals surface area contributed by atoms with Crippen LogP contribution in [0.25, 0.3) is 0 Å². The topological polar surface area (TPSA) is 92.4 Å². The molecule has 0 radical (unpaired) electrons. The number of hydrazine groups is 1. The lowest BCUT2D eigenvalue weighted by Gasteiger charge is -2.39. The van der Waals surface area contributed by atoms with Gasteiger partial charge in [0.2, 0.25) is 0 Å². The molecule has 2 aromatic carbocycles. The smallest absolute Gasteiger partial charge is 0.165 e. The Morgan fingerprint density at radius 1 is 0.975 bits per heavy atom. The number of hydrogen-bond donors (Lipinski definition) is 2. The standard InChI is InChI=1S/C27H39N5O2.C5H10O/c1-31-16-14-22(15-17-31)29-27(30-28)25(23-10-7-11-24(33-2)26(23)34-3)32-18-12-21(13-19-32)20-8-5-4-6-9-20;1-5(2,3)4-6/h4-11,21-22,25H,12-19,28H2,1-3H3,(H,29,30);4H,1-3H3. The molecule has 2 saturated heterocycles. The first kappa shape index (κ1) is 31.6. The van der Waals surface area contributed by atoms with Gasteiger partial charge in [-0.05, 0) is 76.5 Å². The molecule has 4 rings (SSSR count). The fourth-order valence-corrected chi connectivity index (χ4v) is 5.37. The van der Waals surface area contributed by atoms with E-state index in [1.165, 1.54) is 5.56 Å². The highest BCUT2D eigenvalue weighted by Gasteiger charge is 2.33. The third-order valence-electron chi connectivity index (χ3n) is 7.66. The summed E-state index contributed by atoms with van der Waals surface area (Å²) in [6.07, 6.45) is 5.21. The zero-order valence-electron chi connectivity index (χ0n) is 25.2. The lowest BCUT2D eigenvalue weighted by molar-refractivity contribution is -0.113. The first-order valence-corrected chi connectivity index (χ1v) is 14.4. The van der Waals surface area contributed by atoms with E-state index in [4.69, 9.17) is 20.3 Å². The van der Waals surface area contributed by atoms with Crippen LogP contribution in [0.15, 0.2) is 53.5 Å². The Kier molecular flexibility index (Phi) is 12.0. The maximum Gasteiger partial charge on any atom is 0.165 e. The van der Waals surface area contributed by atoms with Gasteiger partial charge in [0.25, 0.3) is 0 Å². The number of methoxy groups -OCH3 is 2. The van der Waals surface area contributed by atoms with Crippen molar-refractivity contribution >= 4 is 12.1 Å². The summed E-state index contributed by atoms with van der Waals surface area (Å²) in [6, 6.07) is 17.1. The van der Waals surface area contributed by atoms with E-state index < -0.39 is 0 Å². The summed E-state index contributed by atoms with van der Waals surface area (Å²) in [7, 11) is 5.54. The van der Waals surface area contributed by atoms with Crippen molar-refractivity contribution in [2.24, 2.45) is 16.3 Å². The van der Waals surface area contributed by atoms with Crippen LogP contribution >= 0.6 is 0 Å². The van der Waals surface area contributed by atoms with Crippen LogP contribution in [-0.4, -0.2) is 75.4 Å². The van der Waals surface area contributed by atoms with Gasteiger partial charge >= 0.3 is 0 Å². The number of benzene rings is 2. The molecule has 2 aromatic rings. The number of nitrogens with zero attached hydrogens (tertiary/aromatic N) is 3. The van der Waals surface area contributed by atoms with Gasteiger partial charge in [0.15, 0.2) is 11.5 Å². The molecule has 0 aliphatic carbocycles. The maximum absolute atomic E-state index is 9.83. The van der Waals surface area contributed by atoms with E-state index in [2.05, 4.69) is 58.7 Å². The van der Waals surface area contributed by atoms with E-state index in [-0.39, 0.29) is 17.5 Å². The number of aldehydes is 1. The molecular weight excluding hydrogens is 502 g/mol. The summed E-state index contributed by atoms with van der Waals surface area (Å²) >= 11 is 0. The minimum absolute atomic E-state index is 0.119. The molecule has 220 valence electrons. The van der Waals surface area contributed by atoms with Crippen LogP contribution in [0, 0.1) is 5.41 Å². The number of likely N-dealkylation sites (tertiary alicyclic amines) is 2. The maximum atomic E-state index is 9.83. The average Bonchev–Trinajstić information content (AvgIpc) is 2.98. The molecule has 2 aliphatic heterocycles. The Hall–Kier alpha value is -2.94. The largest absolute Gasteiger partial charge is 0.493 e. The number of rotatable bonds is 7. The number of amidine groups is 1. The highest BCUT2D eigenvalue weighted by Crippen LogP contribution is 2.40. The molecular formula is C32H49N5O3. The molecule has 0 bridgehead atoms. The molecule has 8 heteroatoms. The Balaban J connectivity index is 0.000000663. The van der Waals surface area contributed by atoms with Crippen molar-refractivity contribution in [3.8, 4) is 11.5 Å². The van der Waals surface area contributed by atoms with Gasteiger partial charge in [0.1, 0.15) is 12.1 Å². The number of ether oxygens (including phenoxy) is 2.